The summed E-state index contributed by atoms with van der Waals surface area (Å²) < 4.78 is 0. The molecule has 0 radical (unpaired) electrons. The van der Waals surface area contributed by atoms with Crippen LogP contribution in [0.25, 0.3) is 0 Å². The molecule has 0 unspecified atom stereocenters. The van der Waals surface area contributed by atoms with E-state index in [9.17, 15) is 0 Å². The minimum atomic E-state index is 0.855. The summed E-state index contributed by atoms with van der Waals surface area (Å²) in [5.41, 5.74) is 3.99. The van der Waals surface area contributed by atoms with E-state index in [-0.39, 0.29) is 0 Å². The highest BCUT2D eigenvalue weighted by Crippen LogP contribution is 2.25. The fourth-order valence-corrected chi connectivity index (χ4v) is 4.55. The predicted octanol–water partition coefficient (Wildman–Crippen LogP) is 3.76. The maximum atomic E-state index is 3.20. The third kappa shape index (κ3) is 5.06. The molecule has 0 amide bonds. The van der Waals surface area contributed by atoms with Gasteiger partial charge in [-0.1, -0.05) is 30.3 Å². The van der Waals surface area contributed by atoms with E-state index in [0.717, 1.165) is 12.5 Å². The number of piperidine rings is 1. The van der Waals surface area contributed by atoms with E-state index >= 15 is 0 Å². The van der Waals surface area contributed by atoms with Crippen molar-refractivity contribution in [3.63, 3.8) is 0 Å². The highest BCUT2D eigenvalue weighted by atomic mass is 15.3. The van der Waals surface area contributed by atoms with Gasteiger partial charge < -0.3 is 15.1 Å². The Morgan fingerprint density at radius 1 is 0.786 bits per heavy atom. The molecule has 2 aromatic rings. The van der Waals surface area contributed by atoms with Crippen molar-refractivity contribution in [2.45, 2.75) is 19.4 Å². The number of piperazine rings is 1. The smallest absolute Gasteiger partial charge is 0.0367 e. The fourth-order valence-electron chi connectivity index (χ4n) is 4.55. The Hall–Kier alpha value is -2.04. The summed E-state index contributed by atoms with van der Waals surface area (Å²) in [6.45, 7) is 9.61. The average Bonchev–Trinajstić information content (AvgIpc) is 2.76. The molecule has 1 N–H and O–H groups in total. The third-order valence-corrected chi connectivity index (χ3v) is 6.37. The van der Waals surface area contributed by atoms with Gasteiger partial charge in [0.05, 0.1) is 0 Å². The van der Waals surface area contributed by atoms with E-state index in [1.165, 1.54) is 75.6 Å². The lowest BCUT2D eigenvalue weighted by Gasteiger charge is -2.39. The normalized spacial score (nSPS) is 19.7. The highest BCUT2D eigenvalue weighted by Gasteiger charge is 2.24. The Balaban J connectivity index is 1.18. The molecule has 0 aliphatic carbocycles. The van der Waals surface area contributed by atoms with Crippen LogP contribution >= 0.6 is 0 Å². The van der Waals surface area contributed by atoms with Gasteiger partial charge in [0.15, 0.2) is 0 Å². The van der Waals surface area contributed by atoms with Gasteiger partial charge >= 0.3 is 0 Å². The lowest BCUT2D eigenvalue weighted by Crippen LogP contribution is -2.48. The van der Waals surface area contributed by atoms with Gasteiger partial charge in [0, 0.05) is 70.8 Å². The van der Waals surface area contributed by atoms with Crippen LogP contribution in [0.15, 0.2) is 54.6 Å². The molecule has 0 atom stereocenters. The molecular formula is C24H34N4. The number of anilines is 2. The quantitative estimate of drug-likeness (QED) is 0.826. The first-order valence-electron chi connectivity index (χ1n) is 10.8. The van der Waals surface area contributed by atoms with Crippen LogP contribution < -0.4 is 10.2 Å². The van der Waals surface area contributed by atoms with Gasteiger partial charge in [0.25, 0.3) is 0 Å². The van der Waals surface area contributed by atoms with E-state index in [1.54, 1.807) is 0 Å². The van der Waals surface area contributed by atoms with Crippen molar-refractivity contribution >= 4 is 11.4 Å². The molecule has 2 aliphatic heterocycles. The van der Waals surface area contributed by atoms with Crippen LogP contribution in [0.4, 0.5) is 11.4 Å². The van der Waals surface area contributed by atoms with Gasteiger partial charge in [-0.15, -0.1) is 0 Å². The Morgan fingerprint density at radius 2 is 1.43 bits per heavy atom. The maximum Gasteiger partial charge on any atom is 0.0367 e. The summed E-state index contributed by atoms with van der Waals surface area (Å²) in [5, 5.41) is 3.20. The van der Waals surface area contributed by atoms with Crippen LogP contribution in [0.1, 0.15) is 18.4 Å². The van der Waals surface area contributed by atoms with Gasteiger partial charge in [-0.2, -0.15) is 0 Å². The van der Waals surface area contributed by atoms with Crippen molar-refractivity contribution < 1.29 is 0 Å². The van der Waals surface area contributed by atoms with E-state index in [0.29, 0.717) is 0 Å². The largest absolute Gasteiger partial charge is 0.388 e. The van der Waals surface area contributed by atoms with E-state index < -0.39 is 0 Å². The van der Waals surface area contributed by atoms with E-state index in [2.05, 4.69) is 74.6 Å². The summed E-state index contributed by atoms with van der Waals surface area (Å²) in [4.78, 5) is 7.85. The minimum absolute atomic E-state index is 0.855. The first-order valence-corrected chi connectivity index (χ1v) is 10.8. The Bertz CT molecular complexity index is 699. The fraction of sp³-hybridized carbons (Fsp3) is 0.500. The van der Waals surface area contributed by atoms with Gasteiger partial charge in [0.1, 0.15) is 0 Å². The lowest BCUT2D eigenvalue weighted by molar-refractivity contribution is 0.108. The van der Waals surface area contributed by atoms with Crippen LogP contribution in [-0.2, 0) is 6.54 Å². The molecule has 4 heteroatoms. The zero-order valence-electron chi connectivity index (χ0n) is 17.2. The lowest BCUT2D eigenvalue weighted by atomic mass is 9.95. The van der Waals surface area contributed by atoms with Gasteiger partial charge in [0.2, 0.25) is 0 Å². The number of rotatable bonds is 6. The first kappa shape index (κ1) is 19.3. The molecule has 150 valence electrons. The molecule has 4 rings (SSSR count). The molecule has 28 heavy (non-hydrogen) atoms. The predicted molar refractivity (Wildman–Crippen MR) is 119 cm³/mol. The molecule has 0 spiro atoms. The van der Waals surface area contributed by atoms with Crippen molar-refractivity contribution in [3.8, 4) is 0 Å². The third-order valence-electron chi connectivity index (χ3n) is 6.37. The van der Waals surface area contributed by atoms with Crippen molar-refractivity contribution in [1.82, 2.24) is 9.80 Å². The maximum absolute atomic E-state index is 3.20. The second-order valence-corrected chi connectivity index (χ2v) is 8.29. The number of benzene rings is 2. The van der Waals surface area contributed by atoms with Gasteiger partial charge in [-0.25, -0.2) is 0 Å². The number of nitrogens with one attached hydrogen (secondary N) is 1. The van der Waals surface area contributed by atoms with Crippen LogP contribution in [-0.4, -0.2) is 62.7 Å². The SMILES string of the molecule is CNc1ccc(N2CCC(CN3CCN(Cc4ccccc4)CC3)CC2)cc1. The van der Waals surface area contributed by atoms with Gasteiger partial charge in [-0.3, -0.25) is 4.90 Å². The molecule has 4 nitrogen and oxygen atoms in total. The molecule has 2 saturated heterocycles. The topological polar surface area (TPSA) is 21.8 Å². The summed E-state index contributed by atoms with van der Waals surface area (Å²) in [7, 11) is 1.97. The second kappa shape index (κ2) is 9.44. The number of hydrogen-bond donors (Lipinski definition) is 1. The Labute approximate surface area is 170 Å². The Kier molecular flexibility index (Phi) is 6.50. The minimum Gasteiger partial charge on any atom is -0.388 e. The van der Waals surface area contributed by atoms with Crippen molar-refractivity contribution in [2.75, 3.05) is 63.1 Å². The molecule has 0 bridgehead atoms. The van der Waals surface area contributed by atoms with Crippen LogP contribution in [0.3, 0.4) is 0 Å². The van der Waals surface area contributed by atoms with Crippen LogP contribution in [0, 0.1) is 5.92 Å². The highest BCUT2D eigenvalue weighted by molar-refractivity contribution is 5.55. The zero-order chi connectivity index (χ0) is 19.2. The molecule has 2 aromatic carbocycles. The molecule has 0 saturated carbocycles. The second-order valence-electron chi connectivity index (χ2n) is 8.29. The molecular weight excluding hydrogens is 344 g/mol. The summed E-state index contributed by atoms with van der Waals surface area (Å²) in [6.07, 6.45) is 2.63. The molecule has 2 heterocycles. The van der Waals surface area contributed by atoms with E-state index in [1.807, 2.05) is 7.05 Å². The molecule has 0 aromatic heterocycles. The summed E-state index contributed by atoms with van der Waals surface area (Å²) in [5.74, 6) is 0.855. The van der Waals surface area contributed by atoms with Crippen LogP contribution in [0.2, 0.25) is 0 Å². The van der Waals surface area contributed by atoms with Crippen molar-refractivity contribution in [3.05, 3.63) is 60.2 Å². The van der Waals surface area contributed by atoms with E-state index in [4.69, 9.17) is 0 Å². The van der Waals surface area contributed by atoms with Crippen molar-refractivity contribution in [1.29, 1.82) is 0 Å². The zero-order valence-corrected chi connectivity index (χ0v) is 17.2. The van der Waals surface area contributed by atoms with Gasteiger partial charge in [-0.05, 0) is 48.6 Å². The number of nitrogens with zero attached hydrogens (tertiary/aromatic N) is 3. The Morgan fingerprint density at radius 3 is 2.07 bits per heavy atom. The molecule has 2 fully saturated rings. The summed E-state index contributed by atoms with van der Waals surface area (Å²) >= 11 is 0. The summed E-state index contributed by atoms with van der Waals surface area (Å²) in [6, 6.07) is 19.7. The monoisotopic (exact) mass is 378 g/mol. The average molecular weight is 379 g/mol. The first-order chi connectivity index (χ1) is 13.8. The van der Waals surface area contributed by atoms with Crippen LogP contribution in [0.5, 0.6) is 0 Å². The van der Waals surface area contributed by atoms with Crippen molar-refractivity contribution in [2.24, 2.45) is 5.92 Å². The number of hydrogen-bond acceptors (Lipinski definition) is 4. The molecule has 2 aliphatic rings. The standard InChI is InChI=1S/C24H34N4/c1-25-23-7-9-24(10-8-23)28-13-11-22(12-14-28)20-27-17-15-26(16-18-27)19-21-5-3-2-4-6-21/h2-10,22,25H,11-20H2,1H3.